The van der Waals surface area contributed by atoms with E-state index in [-0.39, 0.29) is 11.4 Å². The topological polar surface area (TPSA) is 58.4 Å². The molecule has 1 amide bonds. The number of nitrogens with two attached hydrogens (primary N) is 1. The summed E-state index contributed by atoms with van der Waals surface area (Å²) < 4.78 is 0.964. The van der Waals surface area contributed by atoms with Crippen molar-refractivity contribution in [3.05, 3.63) is 34.3 Å². The highest BCUT2D eigenvalue weighted by Crippen LogP contribution is 2.21. The smallest absolute Gasteiger partial charge is 0.244 e. The van der Waals surface area contributed by atoms with Crippen molar-refractivity contribution < 1.29 is 4.79 Å². The van der Waals surface area contributed by atoms with E-state index in [1.807, 2.05) is 38.4 Å². The number of benzene rings is 1. The van der Waals surface area contributed by atoms with Gasteiger partial charge in [-0.3, -0.25) is 4.79 Å². The lowest BCUT2D eigenvalue weighted by molar-refractivity contribution is -0.126. The Labute approximate surface area is 129 Å². The second-order valence-corrected chi connectivity index (χ2v) is 7.01. The van der Waals surface area contributed by atoms with E-state index >= 15 is 0 Å². The Morgan fingerprint density at radius 2 is 1.75 bits per heavy atom. The first-order valence-corrected chi connectivity index (χ1v) is 7.37. The maximum atomic E-state index is 12.4. The SMILES string of the molecule is CN(C)C(C)(C)CNC(=O)C(C)(N)c1ccc(Br)cc1. The number of hydrogen-bond acceptors (Lipinski definition) is 3. The fourth-order valence-corrected chi connectivity index (χ4v) is 1.83. The third-order valence-corrected chi connectivity index (χ3v) is 4.34. The third kappa shape index (κ3) is 4.04. The molecule has 1 aromatic carbocycles. The predicted octanol–water partition coefficient (Wildman–Crippen LogP) is 2.08. The summed E-state index contributed by atoms with van der Waals surface area (Å²) in [7, 11) is 3.98. The highest BCUT2D eigenvalue weighted by molar-refractivity contribution is 9.10. The summed E-state index contributed by atoms with van der Waals surface area (Å²) in [6, 6.07) is 7.50. The van der Waals surface area contributed by atoms with Gasteiger partial charge in [0.25, 0.3) is 0 Å². The van der Waals surface area contributed by atoms with Crippen LogP contribution in [-0.4, -0.2) is 37.0 Å². The van der Waals surface area contributed by atoms with Gasteiger partial charge in [0.1, 0.15) is 5.54 Å². The summed E-state index contributed by atoms with van der Waals surface area (Å²) in [6.45, 7) is 6.41. The Hall–Kier alpha value is -0.910. The average molecular weight is 342 g/mol. The van der Waals surface area contributed by atoms with Crippen molar-refractivity contribution in [2.75, 3.05) is 20.6 Å². The average Bonchev–Trinajstić information content (AvgIpc) is 2.36. The Bertz CT molecular complexity index is 467. The van der Waals surface area contributed by atoms with E-state index in [1.54, 1.807) is 6.92 Å². The predicted molar refractivity (Wildman–Crippen MR) is 86.5 cm³/mol. The molecule has 0 bridgehead atoms. The second kappa shape index (κ2) is 6.24. The standard InChI is InChI=1S/C15H24BrN3O/c1-14(2,19(4)5)10-18-13(20)15(3,17)11-6-8-12(16)9-7-11/h6-9H,10,17H2,1-5H3,(H,18,20). The van der Waals surface area contributed by atoms with Gasteiger partial charge in [-0.2, -0.15) is 0 Å². The van der Waals surface area contributed by atoms with Gasteiger partial charge in [-0.05, 0) is 52.6 Å². The van der Waals surface area contributed by atoms with E-state index in [1.165, 1.54) is 0 Å². The quantitative estimate of drug-likeness (QED) is 0.861. The van der Waals surface area contributed by atoms with E-state index in [0.717, 1.165) is 10.0 Å². The number of carbonyl (C=O) groups excluding carboxylic acids is 1. The van der Waals surface area contributed by atoms with Gasteiger partial charge >= 0.3 is 0 Å². The van der Waals surface area contributed by atoms with Crippen LogP contribution in [0.4, 0.5) is 0 Å². The number of hydrogen-bond donors (Lipinski definition) is 2. The Kier molecular flexibility index (Phi) is 5.35. The minimum absolute atomic E-state index is 0.120. The number of nitrogens with zero attached hydrogens (tertiary/aromatic N) is 1. The van der Waals surface area contributed by atoms with Gasteiger partial charge in [0, 0.05) is 16.6 Å². The molecule has 1 unspecified atom stereocenters. The number of nitrogens with one attached hydrogen (secondary N) is 1. The summed E-state index contributed by atoms with van der Waals surface area (Å²) in [5, 5.41) is 2.94. The van der Waals surface area contributed by atoms with E-state index in [0.29, 0.717) is 6.54 Å². The summed E-state index contributed by atoms with van der Waals surface area (Å²) in [4.78, 5) is 14.4. The van der Waals surface area contributed by atoms with Gasteiger partial charge in [0.15, 0.2) is 0 Å². The zero-order valence-corrected chi connectivity index (χ0v) is 14.4. The molecule has 0 aromatic heterocycles. The van der Waals surface area contributed by atoms with E-state index in [4.69, 9.17) is 5.73 Å². The molecule has 3 N–H and O–H groups in total. The maximum absolute atomic E-state index is 12.4. The van der Waals surface area contributed by atoms with Crippen molar-refractivity contribution in [2.45, 2.75) is 31.8 Å². The van der Waals surface area contributed by atoms with Crippen molar-refractivity contribution >= 4 is 21.8 Å². The van der Waals surface area contributed by atoms with Crippen LogP contribution in [0.5, 0.6) is 0 Å². The molecule has 0 saturated carbocycles. The van der Waals surface area contributed by atoms with Gasteiger partial charge in [-0.15, -0.1) is 0 Å². The highest BCUT2D eigenvalue weighted by atomic mass is 79.9. The molecule has 1 aromatic rings. The molecule has 1 atom stereocenters. The summed E-state index contributed by atoms with van der Waals surface area (Å²) >= 11 is 3.38. The van der Waals surface area contributed by atoms with Crippen LogP contribution < -0.4 is 11.1 Å². The van der Waals surface area contributed by atoms with Crippen molar-refractivity contribution in [1.82, 2.24) is 10.2 Å². The van der Waals surface area contributed by atoms with Crippen molar-refractivity contribution in [3.8, 4) is 0 Å². The maximum Gasteiger partial charge on any atom is 0.244 e. The molecule has 5 heteroatoms. The highest BCUT2D eigenvalue weighted by Gasteiger charge is 2.32. The van der Waals surface area contributed by atoms with Crippen LogP contribution in [-0.2, 0) is 10.3 Å². The van der Waals surface area contributed by atoms with Crippen LogP contribution >= 0.6 is 15.9 Å². The Morgan fingerprint density at radius 1 is 1.25 bits per heavy atom. The lowest BCUT2D eigenvalue weighted by Crippen LogP contribution is -2.54. The van der Waals surface area contributed by atoms with Crippen molar-refractivity contribution in [3.63, 3.8) is 0 Å². The van der Waals surface area contributed by atoms with Gasteiger partial charge < -0.3 is 16.0 Å². The lowest BCUT2D eigenvalue weighted by atomic mass is 9.92. The molecule has 0 radical (unpaired) electrons. The molecular weight excluding hydrogens is 318 g/mol. The van der Waals surface area contributed by atoms with Crippen LogP contribution in [0.2, 0.25) is 0 Å². The molecule has 0 aliphatic carbocycles. The summed E-state index contributed by atoms with van der Waals surface area (Å²) in [6.07, 6.45) is 0. The lowest BCUT2D eigenvalue weighted by Gasteiger charge is -2.34. The molecule has 0 spiro atoms. The van der Waals surface area contributed by atoms with Gasteiger partial charge in [0.2, 0.25) is 5.91 Å². The van der Waals surface area contributed by atoms with Crippen molar-refractivity contribution in [1.29, 1.82) is 0 Å². The zero-order valence-electron chi connectivity index (χ0n) is 12.8. The Balaban J connectivity index is 2.78. The van der Waals surface area contributed by atoms with Crippen LogP contribution in [0.3, 0.4) is 0 Å². The summed E-state index contributed by atoms with van der Waals surface area (Å²) in [5.41, 5.74) is 5.83. The van der Waals surface area contributed by atoms with E-state index in [2.05, 4.69) is 40.0 Å². The van der Waals surface area contributed by atoms with Crippen LogP contribution in [0.1, 0.15) is 26.3 Å². The first-order valence-electron chi connectivity index (χ1n) is 6.58. The molecule has 20 heavy (non-hydrogen) atoms. The van der Waals surface area contributed by atoms with E-state index in [9.17, 15) is 4.79 Å². The Morgan fingerprint density at radius 3 is 2.20 bits per heavy atom. The first-order chi connectivity index (χ1) is 9.07. The fraction of sp³-hybridized carbons (Fsp3) is 0.533. The van der Waals surface area contributed by atoms with Gasteiger partial charge in [-0.25, -0.2) is 0 Å². The number of likely N-dealkylation sites (N-methyl/N-ethyl adjacent to an activating group) is 1. The number of halogens is 1. The van der Waals surface area contributed by atoms with Crippen molar-refractivity contribution in [2.24, 2.45) is 5.73 Å². The number of rotatable bonds is 5. The van der Waals surface area contributed by atoms with Crippen LogP contribution in [0.15, 0.2) is 28.7 Å². The van der Waals surface area contributed by atoms with Gasteiger partial charge in [-0.1, -0.05) is 28.1 Å². The third-order valence-electron chi connectivity index (χ3n) is 3.81. The fourth-order valence-electron chi connectivity index (χ4n) is 1.57. The molecule has 0 saturated heterocycles. The molecule has 0 heterocycles. The second-order valence-electron chi connectivity index (χ2n) is 6.10. The minimum atomic E-state index is -1.04. The van der Waals surface area contributed by atoms with E-state index < -0.39 is 5.54 Å². The molecule has 4 nitrogen and oxygen atoms in total. The summed E-state index contributed by atoms with van der Waals surface area (Å²) in [5.74, 6) is -0.172. The first kappa shape index (κ1) is 17.1. The molecule has 112 valence electrons. The zero-order chi connectivity index (χ0) is 15.6. The minimum Gasteiger partial charge on any atom is -0.352 e. The largest absolute Gasteiger partial charge is 0.352 e. The molecular formula is C15H24BrN3O. The normalized spacial score (nSPS) is 15.0. The monoisotopic (exact) mass is 341 g/mol. The number of carbonyl (C=O) groups is 1. The van der Waals surface area contributed by atoms with Crippen LogP contribution in [0, 0.1) is 0 Å². The molecule has 1 rings (SSSR count). The van der Waals surface area contributed by atoms with Gasteiger partial charge in [0.05, 0.1) is 0 Å². The molecule has 0 fully saturated rings. The molecule has 0 aliphatic rings. The van der Waals surface area contributed by atoms with Crippen LogP contribution in [0.25, 0.3) is 0 Å². The number of amides is 1. The molecule has 0 aliphatic heterocycles.